The molecule has 0 radical (unpaired) electrons. The molecule has 0 unspecified atom stereocenters. The van der Waals surface area contributed by atoms with Gasteiger partial charge >= 0.3 is 0 Å². The quantitative estimate of drug-likeness (QED) is 0.732. The summed E-state index contributed by atoms with van der Waals surface area (Å²) in [7, 11) is 0. The van der Waals surface area contributed by atoms with E-state index in [-0.39, 0.29) is 0 Å². The van der Waals surface area contributed by atoms with Gasteiger partial charge in [0.1, 0.15) is 5.75 Å². The van der Waals surface area contributed by atoms with E-state index in [0.717, 1.165) is 29.3 Å². The third kappa shape index (κ3) is 5.87. The van der Waals surface area contributed by atoms with Crippen molar-refractivity contribution in [2.75, 3.05) is 13.2 Å². The Labute approximate surface area is 119 Å². The van der Waals surface area contributed by atoms with E-state index in [1.165, 1.54) is 24.9 Å². The number of quaternary nitrogens is 1. The van der Waals surface area contributed by atoms with Gasteiger partial charge in [-0.25, -0.2) is 0 Å². The molecule has 0 saturated carbocycles. The molecular weight excluding hydrogens is 290 g/mol. The fourth-order valence-electron chi connectivity index (χ4n) is 1.72. The molecule has 1 atom stereocenters. The Bertz CT molecular complexity index is 354. The molecule has 0 fully saturated rings. The van der Waals surface area contributed by atoms with Crippen molar-refractivity contribution in [3.63, 3.8) is 0 Å². The summed E-state index contributed by atoms with van der Waals surface area (Å²) in [6.45, 7) is 8.60. The molecule has 0 aliphatic heterocycles. The van der Waals surface area contributed by atoms with E-state index in [1.54, 1.807) is 0 Å². The zero-order chi connectivity index (χ0) is 13.4. The molecular formula is C15H25BrNO+. The lowest BCUT2D eigenvalue weighted by Gasteiger charge is -2.10. The SMILES string of the molecule is CC[C@@H](C)[NH2+]CCCCOc1ccc(C)cc1Br. The normalized spacial score (nSPS) is 12.4. The van der Waals surface area contributed by atoms with Gasteiger partial charge in [-0.1, -0.05) is 13.0 Å². The highest BCUT2D eigenvalue weighted by atomic mass is 79.9. The number of rotatable bonds is 8. The largest absolute Gasteiger partial charge is 0.492 e. The van der Waals surface area contributed by atoms with Gasteiger partial charge in [-0.3, -0.25) is 0 Å². The lowest BCUT2D eigenvalue weighted by atomic mass is 10.2. The van der Waals surface area contributed by atoms with Crippen molar-refractivity contribution in [2.24, 2.45) is 0 Å². The average molecular weight is 315 g/mol. The van der Waals surface area contributed by atoms with Crippen molar-refractivity contribution in [3.8, 4) is 5.75 Å². The molecule has 3 heteroatoms. The Balaban J connectivity index is 2.14. The number of halogens is 1. The van der Waals surface area contributed by atoms with E-state index in [1.807, 2.05) is 6.07 Å². The molecule has 1 aromatic carbocycles. The first-order chi connectivity index (χ1) is 8.63. The van der Waals surface area contributed by atoms with Crippen LogP contribution in [0.1, 0.15) is 38.7 Å². The predicted octanol–water partition coefficient (Wildman–Crippen LogP) is 3.28. The molecule has 2 N–H and O–H groups in total. The van der Waals surface area contributed by atoms with Crippen LogP contribution in [0.5, 0.6) is 5.75 Å². The maximum Gasteiger partial charge on any atom is 0.133 e. The Hall–Kier alpha value is -0.540. The van der Waals surface area contributed by atoms with Crippen LogP contribution in [-0.2, 0) is 0 Å². The van der Waals surface area contributed by atoms with E-state index in [0.29, 0.717) is 0 Å². The number of hydrogen-bond acceptors (Lipinski definition) is 1. The molecule has 0 heterocycles. The molecule has 0 aliphatic rings. The molecule has 0 spiro atoms. The van der Waals surface area contributed by atoms with E-state index < -0.39 is 0 Å². The summed E-state index contributed by atoms with van der Waals surface area (Å²) in [4.78, 5) is 0. The molecule has 1 rings (SSSR count). The number of aryl methyl sites for hydroxylation is 1. The van der Waals surface area contributed by atoms with Gasteiger partial charge in [-0.2, -0.15) is 0 Å². The number of ether oxygens (including phenoxy) is 1. The second-order valence-corrected chi connectivity index (χ2v) is 5.75. The van der Waals surface area contributed by atoms with Crippen LogP contribution in [0.15, 0.2) is 22.7 Å². The van der Waals surface area contributed by atoms with Gasteiger partial charge in [-0.15, -0.1) is 0 Å². The number of benzene rings is 1. The standard InChI is InChI=1S/C15H24BrNO/c1-4-13(3)17-9-5-6-10-18-15-8-7-12(2)11-14(15)16/h7-8,11,13,17H,4-6,9-10H2,1-3H3/p+1/t13-/m1/s1. The van der Waals surface area contributed by atoms with Crippen LogP contribution in [-0.4, -0.2) is 19.2 Å². The van der Waals surface area contributed by atoms with Gasteiger partial charge in [0.15, 0.2) is 0 Å². The van der Waals surface area contributed by atoms with Crippen molar-refractivity contribution < 1.29 is 10.1 Å². The van der Waals surface area contributed by atoms with Crippen LogP contribution in [0.2, 0.25) is 0 Å². The summed E-state index contributed by atoms with van der Waals surface area (Å²) in [5.41, 5.74) is 1.25. The fourth-order valence-corrected chi connectivity index (χ4v) is 2.33. The van der Waals surface area contributed by atoms with Crippen LogP contribution < -0.4 is 10.1 Å². The predicted molar refractivity (Wildman–Crippen MR) is 80.2 cm³/mol. The van der Waals surface area contributed by atoms with Crippen molar-refractivity contribution in [1.29, 1.82) is 0 Å². The number of unbranched alkanes of at least 4 members (excludes halogenated alkanes) is 1. The second-order valence-electron chi connectivity index (χ2n) is 4.90. The summed E-state index contributed by atoms with van der Waals surface area (Å²) in [5.74, 6) is 0.950. The zero-order valence-corrected chi connectivity index (χ0v) is 13.3. The third-order valence-electron chi connectivity index (χ3n) is 3.16. The molecule has 1 aromatic rings. The van der Waals surface area contributed by atoms with Crippen molar-refractivity contribution >= 4 is 15.9 Å². The Morgan fingerprint density at radius 2 is 2.11 bits per heavy atom. The number of nitrogens with two attached hydrogens (primary N) is 1. The smallest absolute Gasteiger partial charge is 0.133 e. The van der Waals surface area contributed by atoms with Crippen LogP contribution >= 0.6 is 15.9 Å². The highest BCUT2D eigenvalue weighted by molar-refractivity contribution is 9.10. The minimum atomic E-state index is 0.747. The second kappa shape index (κ2) is 8.54. The van der Waals surface area contributed by atoms with Gasteiger partial charge in [0.05, 0.1) is 23.7 Å². The molecule has 0 aliphatic carbocycles. The fraction of sp³-hybridized carbons (Fsp3) is 0.600. The maximum absolute atomic E-state index is 5.76. The van der Waals surface area contributed by atoms with E-state index in [2.05, 4.69) is 54.2 Å². The van der Waals surface area contributed by atoms with Crippen LogP contribution in [0.4, 0.5) is 0 Å². The number of hydrogen-bond donors (Lipinski definition) is 1. The zero-order valence-electron chi connectivity index (χ0n) is 11.7. The topological polar surface area (TPSA) is 25.8 Å². The van der Waals surface area contributed by atoms with E-state index in [9.17, 15) is 0 Å². The molecule has 0 aromatic heterocycles. The van der Waals surface area contributed by atoms with Gasteiger partial charge in [0, 0.05) is 0 Å². The first kappa shape index (κ1) is 15.5. The van der Waals surface area contributed by atoms with Crippen LogP contribution in [0.25, 0.3) is 0 Å². The molecule has 0 amide bonds. The Morgan fingerprint density at radius 1 is 1.33 bits per heavy atom. The van der Waals surface area contributed by atoms with Gasteiger partial charge in [0.2, 0.25) is 0 Å². The minimum absolute atomic E-state index is 0.747. The highest BCUT2D eigenvalue weighted by Crippen LogP contribution is 2.25. The Morgan fingerprint density at radius 3 is 2.78 bits per heavy atom. The summed E-state index contributed by atoms with van der Waals surface area (Å²) in [6, 6.07) is 6.95. The lowest BCUT2D eigenvalue weighted by molar-refractivity contribution is -0.686. The van der Waals surface area contributed by atoms with E-state index >= 15 is 0 Å². The average Bonchev–Trinajstić information content (AvgIpc) is 2.35. The molecule has 102 valence electrons. The van der Waals surface area contributed by atoms with Crippen molar-refractivity contribution in [3.05, 3.63) is 28.2 Å². The summed E-state index contributed by atoms with van der Waals surface area (Å²) in [6.07, 6.45) is 3.58. The van der Waals surface area contributed by atoms with Gasteiger partial charge in [-0.05, 0) is 66.7 Å². The Kier molecular flexibility index (Phi) is 7.36. The van der Waals surface area contributed by atoms with Gasteiger partial charge in [0.25, 0.3) is 0 Å². The van der Waals surface area contributed by atoms with Crippen LogP contribution in [0.3, 0.4) is 0 Å². The molecule has 0 bridgehead atoms. The first-order valence-corrected chi connectivity index (χ1v) is 7.65. The van der Waals surface area contributed by atoms with Gasteiger partial charge < -0.3 is 10.1 Å². The minimum Gasteiger partial charge on any atom is -0.492 e. The van der Waals surface area contributed by atoms with Crippen LogP contribution in [0, 0.1) is 6.92 Å². The molecule has 18 heavy (non-hydrogen) atoms. The summed E-state index contributed by atoms with van der Waals surface area (Å²) >= 11 is 3.53. The monoisotopic (exact) mass is 314 g/mol. The maximum atomic E-state index is 5.76. The van der Waals surface area contributed by atoms with Crippen molar-refractivity contribution in [1.82, 2.24) is 0 Å². The first-order valence-electron chi connectivity index (χ1n) is 6.85. The highest BCUT2D eigenvalue weighted by Gasteiger charge is 2.02. The molecule has 0 saturated heterocycles. The van der Waals surface area contributed by atoms with Crippen molar-refractivity contribution in [2.45, 2.75) is 46.1 Å². The molecule has 2 nitrogen and oxygen atoms in total. The summed E-state index contributed by atoms with van der Waals surface area (Å²) in [5, 5.41) is 2.42. The third-order valence-corrected chi connectivity index (χ3v) is 3.78. The van der Waals surface area contributed by atoms with E-state index in [4.69, 9.17) is 4.74 Å². The lowest BCUT2D eigenvalue weighted by Crippen LogP contribution is -2.89. The summed E-state index contributed by atoms with van der Waals surface area (Å²) < 4.78 is 6.81.